The van der Waals surface area contributed by atoms with Crippen molar-refractivity contribution in [2.45, 2.75) is 25.0 Å². The fraction of sp³-hybridized carbons (Fsp3) is 0.500. The molecule has 90 valence electrons. The Morgan fingerprint density at radius 1 is 1.71 bits per heavy atom. The summed E-state index contributed by atoms with van der Waals surface area (Å²) >= 11 is 0. The number of nitriles is 1. The van der Waals surface area contributed by atoms with Gasteiger partial charge < -0.3 is 15.2 Å². The van der Waals surface area contributed by atoms with Gasteiger partial charge in [0.2, 0.25) is 0 Å². The first-order valence-corrected chi connectivity index (χ1v) is 5.58. The van der Waals surface area contributed by atoms with Crippen LogP contribution in [0.25, 0.3) is 0 Å². The Balaban J connectivity index is 1.95. The fourth-order valence-electron chi connectivity index (χ4n) is 1.81. The Morgan fingerprint density at radius 2 is 2.53 bits per heavy atom. The first kappa shape index (κ1) is 11.8. The molecule has 0 aromatic carbocycles. The van der Waals surface area contributed by atoms with Crippen LogP contribution >= 0.6 is 0 Å². The summed E-state index contributed by atoms with van der Waals surface area (Å²) in [5, 5.41) is 22.0. The topological polar surface area (TPSA) is 78.2 Å². The second kappa shape index (κ2) is 4.70. The molecule has 0 saturated carbocycles. The van der Waals surface area contributed by atoms with Crippen molar-refractivity contribution in [1.29, 1.82) is 5.26 Å². The molecule has 2 atom stereocenters. The Kier molecular flexibility index (Phi) is 3.27. The third-order valence-electron chi connectivity index (χ3n) is 3.13. The van der Waals surface area contributed by atoms with Gasteiger partial charge in [0, 0.05) is 25.8 Å². The Hall–Kier alpha value is -1.64. The van der Waals surface area contributed by atoms with E-state index in [0.717, 1.165) is 0 Å². The average molecular weight is 233 g/mol. The van der Waals surface area contributed by atoms with E-state index in [1.54, 1.807) is 12.1 Å². The van der Waals surface area contributed by atoms with E-state index in [1.165, 1.54) is 6.20 Å². The van der Waals surface area contributed by atoms with Gasteiger partial charge in [-0.3, -0.25) is 0 Å². The lowest BCUT2D eigenvalue weighted by atomic mass is 9.97. The Morgan fingerprint density at radius 3 is 3.06 bits per heavy atom. The number of rotatable bonds is 3. The number of ether oxygens (including phenoxy) is 1. The molecule has 1 saturated heterocycles. The Labute approximate surface area is 100 Å². The molecule has 0 spiro atoms. The third kappa shape index (κ3) is 2.54. The molecule has 1 aliphatic heterocycles. The number of aromatic nitrogens is 1. The standard InChI is InChI=1S/C12H15N3O2/c1-9-12(16,4-5-17-9)8-15-11-3-2-10(6-13)7-14-11/h2-3,7,9,16H,4-5,8H2,1H3,(H,14,15). The SMILES string of the molecule is CC1OCCC1(O)CNc1ccc(C#N)cn1. The van der Waals surface area contributed by atoms with Gasteiger partial charge in [-0.25, -0.2) is 4.98 Å². The largest absolute Gasteiger partial charge is 0.385 e. The van der Waals surface area contributed by atoms with Crippen LogP contribution in [0.1, 0.15) is 18.9 Å². The zero-order valence-electron chi connectivity index (χ0n) is 9.68. The lowest BCUT2D eigenvalue weighted by molar-refractivity contribution is -0.0176. The quantitative estimate of drug-likeness (QED) is 0.811. The van der Waals surface area contributed by atoms with E-state index in [0.29, 0.717) is 31.0 Å². The number of hydrogen-bond acceptors (Lipinski definition) is 5. The number of nitrogens with zero attached hydrogens (tertiary/aromatic N) is 2. The maximum atomic E-state index is 10.3. The first-order chi connectivity index (χ1) is 8.14. The molecule has 0 amide bonds. The van der Waals surface area contributed by atoms with E-state index >= 15 is 0 Å². The maximum absolute atomic E-state index is 10.3. The van der Waals surface area contributed by atoms with Crippen molar-refractivity contribution >= 4 is 5.82 Å². The summed E-state index contributed by atoms with van der Waals surface area (Å²) in [5.41, 5.74) is -0.318. The lowest BCUT2D eigenvalue weighted by Crippen LogP contribution is -2.43. The van der Waals surface area contributed by atoms with Crippen LogP contribution in [0.5, 0.6) is 0 Å². The molecule has 2 heterocycles. The number of nitrogens with one attached hydrogen (secondary N) is 1. The molecule has 2 N–H and O–H groups in total. The zero-order valence-corrected chi connectivity index (χ0v) is 9.68. The number of pyridine rings is 1. The van der Waals surface area contributed by atoms with Crippen LogP contribution in [0.15, 0.2) is 18.3 Å². The maximum Gasteiger partial charge on any atom is 0.126 e. The van der Waals surface area contributed by atoms with Crippen molar-refractivity contribution in [2.75, 3.05) is 18.5 Å². The van der Waals surface area contributed by atoms with Gasteiger partial charge in [-0.15, -0.1) is 0 Å². The smallest absolute Gasteiger partial charge is 0.126 e. The fourth-order valence-corrected chi connectivity index (χ4v) is 1.81. The van der Waals surface area contributed by atoms with E-state index in [1.807, 2.05) is 13.0 Å². The Bertz CT molecular complexity index is 426. The highest BCUT2D eigenvalue weighted by atomic mass is 16.5. The molecule has 0 aliphatic carbocycles. The van der Waals surface area contributed by atoms with Crippen molar-refractivity contribution in [2.24, 2.45) is 0 Å². The van der Waals surface area contributed by atoms with Crippen LogP contribution in [0.2, 0.25) is 0 Å². The van der Waals surface area contributed by atoms with Crippen molar-refractivity contribution in [3.05, 3.63) is 23.9 Å². The van der Waals surface area contributed by atoms with Crippen molar-refractivity contribution in [3.8, 4) is 6.07 Å². The zero-order chi connectivity index (χ0) is 12.3. The highest BCUT2D eigenvalue weighted by Gasteiger charge is 2.39. The molecule has 17 heavy (non-hydrogen) atoms. The summed E-state index contributed by atoms with van der Waals surface area (Å²) in [5.74, 6) is 0.650. The molecular weight excluding hydrogens is 218 g/mol. The van der Waals surface area contributed by atoms with Crippen molar-refractivity contribution in [3.63, 3.8) is 0 Å². The predicted octanol–water partition coefficient (Wildman–Crippen LogP) is 0.905. The van der Waals surface area contributed by atoms with Gasteiger partial charge in [0.15, 0.2) is 0 Å². The molecule has 1 fully saturated rings. The summed E-state index contributed by atoms with van der Waals surface area (Å²) < 4.78 is 5.34. The van der Waals surface area contributed by atoms with Gasteiger partial charge >= 0.3 is 0 Å². The van der Waals surface area contributed by atoms with Gasteiger partial charge in [-0.1, -0.05) is 0 Å². The molecule has 2 rings (SSSR count). The second-order valence-electron chi connectivity index (χ2n) is 4.26. The number of hydrogen-bond donors (Lipinski definition) is 2. The summed E-state index contributed by atoms with van der Waals surface area (Å²) in [6.07, 6.45) is 1.95. The minimum atomic E-state index is -0.838. The van der Waals surface area contributed by atoms with Crippen LogP contribution in [-0.4, -0.2) is 34.9 Å². The minimum Gasteiger partial charge on any atom is -0.385 e. The summed E-state index contributed by atoms with van der Waals surface area (Å²) in [6, 6.07) is 5.42. The van der Waals surface area contributed by atoms with Gasteiger partial charge in [0.1, 0.15) is 17.5 Å². The highest BCUT2D eigenvalue weighted by Crippen LogP contribution is 2.25. The minimum absolute atomic E-state index is 0.173. The van der Waals surface area contributed by atoms with Crippen LogP contribution in [0, 0.1) is 11.3 Å². The molecule has 2 unspecified atom stereocenters. The number of aliphatic hydroxyl groups is 1. The van der Waals surface area contributed by atoms with Gasteiger partial charge in [0.25, 0.3) is 0 Å². The molecule has 1 aromatic heterocycles. The molecule has 5 heteroatoms. The molecule has 5 nitrogen and oxygen atoms in total. The summed E-state index contributed by atoms with van der Waals surface area (Å²) in [4.78, 5) is 4.08. The van der Waals surface area contributed by atoms with Gasteiger partial charge in [-0.2, -0.15) is 5.26 Å². The van der Waals surface area contributed by atoms with Crippen LogP contribution in [0.4, 0.5) is 5.82 Å². The monoisotopic (exact) mass is 233 g/mol. The van der Waals surface area contributed by atoms with E-state index in [4.69, 9.17) is 10.00 Å². The van der Waals surface area contributed by atoms with Crippen molar-refractivity contribution in [1.82, 2.24) is 4.98 Å². The predicted molar refractivity (Wildman–Crippen MR) is 62.4 cm³/mol. The summed E-state index contributed by atoms with van der Waals surface area (Å²) in [7, 11) is 0. The lowest BCUT2D eigenvalue weighted by Gasteiger charge is -2.26. The molecule has 1 aromatic rings. The van der Waals surface area contributed by atoms with Gasteiger partial charge in [0.05, 0.1) is 11.7 Å². The first-order valence-electron chi connectivity index (χ1n) is 5.58. The van der Waals surface area contributed by atoms with Crippen LogP contribution in [-0.2, 0) is 4.74 Å². The molecule has 0 bridgehead atoms. The van der Waals surface area contributed by atoms with E-state index in [-0.39, 0.29) is 6.10 Å². The molecule has 1 aliphatic rings. The third-order valence-corrected chi connectivity index (χ3v) is 3.13. The second-order valence-corrected chi connectivity index (χ2v) is 4.26. The molecule has 0 radical (unpaired) electrons. The molecular formula is C12H15N3O2. The van der Waals surface area contributed by atoms with Gasteiger partial charge in [-0.05, 0) is 19.1 Å². The number of anilines is 1. The highest BCUT2D eigenvalue weighted by molar-refractivity contribution is 5.39. The average Bonchev–Trinajstić information content (AvgIpc) is 2.68. The summed E-state index contributed by atoms with van der Waals surface area (Å²) in [6.45, 7) is 2.84. The normalized spacial score (nSPS) is 27.7. The van der Waals surface area contributed by atoms with Crippen LogP contribution < -0.4 is 5.32 Å². The van der Waals surface area contributed by atoms with E-state index in [2.05, 4.69) is 10.3 Å². The van der Waals surface area contributed by atoms with Crippen LogP contribution in [0.3, 0.4) is 0 Å². The van der Waals surface area contributed by atoms with E-state index in [9.17, 15) is 5.11 Å². The van der Waals surface area contributed by atoms with E-state index < -0.39 is 5.60 Å². The van der Waals surface area contributed by atoms with Crippen molar-refractivity contribution < 1.29 is 9.84 Å².